The third kappa shape index (κ3) is 1.60. The Kier molecular flexibility index (Phi) is 2.70. The molecule has 4 atom stereocenters. The van der Waals surface area contributed by atoms with Crippen molar-refractivity contribution >= 4 is 5.78 Å². The molecule has 0 heterocycles. The molecule has 2 bridgehead atoms. The summed E-state index contributed by atoms with van der Waals surface area (Å²) in [6, 6.07) is 0. The summed E-state index contributed by atoms with van der Waals surface area (Å²) in [4.78, 5) is 12.1. The molecule has 0 radical (unpaired) electrons. The Labute approximate surface area is 126 Å². The molecule has 0 amide bonds. The van der Waals surface area contributed by atoms with Crippen molar-refractivity contribution < 1.29 is 9.90 Å². The first-order valence-electron chi connectivity index (χ1n) is 8.25. The minimum Gasteiger partial charge on any atom is -0.392 e. The molecule has 0 aliphatic heterocycles. The first-order valence-corrected chi connectivity index (χ1v) is 8.25. The van der Waals surface area contributed by atoms with E-state index in [0.717, 1.165) is 18.4 Å². The lowest BCUT2D eigenvalue weighted by molar-refractivity contribution is -0.118. The van der Waals surface area contributed by atoms with Gasteiger partial charge in [0.05, 0.1) is 6.61 Å². The van der Waals surface area contributed by atoms with Gasteiger partial charge in [0.2, 0.25) is 0 Å². The Morgan fingerprint density at radius 1 is 1.43 bits per heavy atom. The summed E-state index contributed by atoms with van der Waals surface area (Å²) in [7, 11) is 0. The maximum atomic E-state index is 12.1. The van der Waals surface area contributed by atoms with Gasteiger partial charge in [-0.05, 0) is 60.3 Å². The Balaban J connectivity index is 1.88. The van der Waals surface area contributed by atoms with E-state index in [1.807, 2.05) is 0 Å². The standard InChI is InChI=1S/C19H24O2/c1-12-9-19-8-5-15-14(11-20)16(21)6-7-18(15,2)17(19)4-3-13(12)10-19/h5,8,13,17,20H,1,3-4,6-7,9-11H2,2H3/t13-,17+,18-,19-/m1/s1. The smallest absolute Gasteiger partial charge is 0.161 e. The van der Waals surface area contributed by atoms with Crippen molar-refractivity contribution in [1.29, 1.82) is 0 Å². The zero-order valence-corrected chi connectivity index (χ0v) is 12.8. The summed E-state index contributed by atoms with van der Waals surface area (Å²) >= 11 is 0. The third-order valence-electron chi connectivity index (χ3n) is 6.92. The van der Waals surface area contributed by atoms with Crippen LogP contribution in [-0.2, 0) is 4.79 Å². The van der Waals surface area contributed by atoms with E-state index in [0.29, 0.717) is 23.8 Å². The van der Waals surface area contributed by atoms with E-state index in [1.165, 1.54) is 24.8 Å². The van der Waals surface area contributed by atoms with Gasteiger partial charge in [-0.2, -0.15) is 0 Å². The molecule has 0 saturated heterocycles. The summed E-state index contributed by atoms with van der Waals surface area (Å²) in [5, 5.41) is 9.66. The summed E-state index contributed by atoms with van der Waals surface area (Å²) in [6.07, 6.45) is 11.0. The average molecular weight is 284 g/mol. The number of hydrogen-bond acceptors (Lipinski definition) is 2. The summed E-state index contributed by atoms with van der Waals surface area (Å²) in [5.41, 5.74) is 3.59. The van der Waals surface area contributed by atoms with Crippen molar-refractivity contribution in [2.75, 3.05) is 6.61 Å². The van der Waals surface area contributed by atoms with Gasteiger partial charge in [-0.15, -0.1) is 0 Å². The van der Waals surface area contributed by atoms with Crippen LogP contribution in [0.3, 0.4) is 0 Å². The van der Waals surface area contributed by atoms with E-state index in [4.69, 9.17) is 0 Å². The minimum absolute atomic E-state index is 0.0658. The fraction of sp³-hybridized carbons (Fsp3) is 0.632. The molecule has 0 unspecified atom stereocenters. The van der Waals surface area contributed by atoms with Crippen molar-refractivity contribution in [1.82, 2.24) is 0 Å². The highest BCUT2D eigenvalue weighted by molar-refractivity contribution is 5.98. The molecule has 4 aliphatic carbocycles. The molecule has 4 rings (SSSR count). The number of allylic oxidation sites excluding steroid dienone is 4. The van der Waals surface area contributed by atoms with Crippen molar-refractivity contribution in [2.24, 2.45) is 22.7 Å². The SMILES string of the molecule is C=C1C[C@@]23C=CC4=C(CO)C(=O)CC[C@@]4(C)[C@@H]2CC[C@@H]1C3. The Morgan fingerprint density at radius 2 is 2.24 bits per heavy atom. The second-order valence-electron chi connectivity index (χ2n) is 7.82. The number of rotatable bonds is 1. The van der Waals surface area contributed by atoms with E-state index in [-0.39, 0.29) is 23.2 Å². The van der Waals surface area contributed by atoms with Gasteiger partial charge in [0.25, 0.3) is 0 Å². The Bertz CT molecular complexity index is 597. The van der Waals surface area contributed by atoms with Gasteiger partial charge in [0, 0.05) is 12.0 Å². The number of hydrogen-bond donors (Lipinski definition) is 1. The highest BCUT2D eigenvalue weighted by atomic mass is 16.3. The van der Waals surface area contributed by atoms with Crippen LogP contribution in [0.15, 0.2) is 35.5 Å². The van der Waals surface area contributed by atoms with E-state index in [2.05, 4.69) is 25.7 Å². The lowest BCUT2D eigenvalue weighted by atomic mass is 9.49. The summed E-state index contributed by atoms with van der Waals surface area (Å²) < 4.78 is 0. The number of aliphatic hydroxyl groups is 1. The second kappa shape index (κ2) is 4.19. The van der Waals surface area contributed by atoms with Crippen LogP contribution < -0.4 is 0 Å². The van der Waals surface area contributed by atoms with Gasteiger partial charge in [0.1, 0.15) is 0 Å². The normalized spacial score (nSPS) is 44.9. The predicted molar refractivity (Wildman–Crippen MR) is 82.6 cm³/mol. The van der Waals surface area contributed by atoms with Crippen LogP contribution >= 0.6 is 0 Å². The predicted octanol–water partition coefficient (Wildman–Crippen LogP) is 3.58. The quantitative estimate of drug-likeness (QED) is 0.747. The first-order chi connectivity index (χ1) is 10.00. The Hall–Kier alpha value is -1.15. The zero-order valence-electron chi connectivity index (χ0n) is 12.8. The molecular formula is C19H24O2. The number of Topliss-reactive ketones (excluding diaryl/α,β-unsaturated/α-hetero) is 1. The topological polar surface area (TPSA) is 37.3 Å². The van der Waals surface area contributed by atoms with Crippen LogP contribution in [0.25, 0.3) is 0 Å². The monoisotopic (exact) mass is 284 g/mol. The molecule has 2 fully saturated rings. The highest BCUT2D eigenvalue weighted by Gasteiger charge is 2.58. The number of carbonyl (C=O) groups excluding carboxylic acids is 1. The zero-order chi connectivity index (χ0) is 14.8. The van der Waals surface area contributed by atoms with Crippen LogP contribution in [0.2, 0.25) is 0 Å². The van der Waals surface area contributed by atoms with Gasteiger partial charge in [-0.3, -0.25) is 4.79 Å². The van der Waals surface area contributed by atoms with Crippen LogP contribution in [-0.4, -0.2) is 17.5 Å². The molecule has 0 aromatic rings. The molecular weight excluding hydrogens is 260 g/mol. The van der Waals surface area contributed by atoms with E-state index >= 15 is 0 Å². The fourth-order valence-electron chi connectivity index (χ4n) is 5.89. The molecule has 2 saturated carbocycles. The lowest BCUT2D eigenvalue weighted by Crippen LogP contribution is -2.47. The molecule has 0 aromatic carbocycles. The van der Waals surface area contributed by atoms with Gasteiger partial charge >= 0.3 is 0 Å². The lowest BCUT2D eigenvalue weighted by Gasteiger charge is -2.54. The van der Waals surface area contributed by atoms with Gasteiger partial charge < -0.3 is 5.11 Å². The van der Waals surface area contributed by atoms with E-state index in [9.17, 15) is 9.90 Å². The average Bonchev–Trinajstić information content (AvgIpc) is 2.70. The number of aliphatic hydroxyl groups excluding tert-OH is 1. The number of fused-ring (bicyclic) bond motifs is 3. The van der Waals surface area contributed by atoms with Crippen molar-refractivity contribution in [3.63, 3.8) is 0 Å². The van der Waals surface area contributed by atoms with Crippen LogP contribution in [0, 0.1) is 22.7 Å². The van der Waals surface area contributed by atoms with Gasteiger partial charge in [0.15, 0.2) is 5.78 Å². The summed E-state index contributed by atoms with van der Waals surface area (Å²) in [5.74, 6) is 1.47. The fourth-order valence-corrected chi connectivity index (χ4v) is 5.89. The van der Waals surface area contributed by atoms with Crippen LogP contribution in [0.4, 0.5) is 0 Å². The molecule has 0 aromatic heterocycles. The van der Waals surface area contributed by atoms with Crippen molar-refractivity contribution in [2.45, 2.75) is 45.4 Å². The molecule has 1 spiro atoms. The second-order valence-corrected chi connectivity index (χ2v) is 7.82. The van der Waals surface area contributed by atoms with Crippen LogP contribution in [0.5, 0.6) is 0 Å². The van der Waals surface area contributed by atoms with Gasteiger partial charge in [-0.25, -0.2) is 0 Å². The first kappa shape index (κ1) is 13.5. The number of ketones is 1. The van der Waals surface area contributed by atoms with Crippen LogP contribution in [0.1, 0.15) is 45.4 Å². The Morgan fingerprint density at radius 3 is 3.00 bits per heavy atom. The van der Waals surface area contributed by atoms with E-state index in [1.54, 1.807) is 0 Å². The summed E-state index contributed by atoms with van der Waals surface area (Å²) in [6.45, 7) is 6.54. The molecule has 112 valence electrons. The maximum absolute atomic E-state index is 12.1. The molecule has 1 N–H and O–H groups in total. The molecule has 2 heteroatoms. The van der Waals surface area contributed by atoms with Crippen molar-refractivity contribution in [3.05, 3.63) is 35.5 Å². The molecule has 21 heavy (non-hydrogen) atoms. The van der Waals surface area contributed by atoms with E-state index < -0.39 is 0 Å². The largest absolute Gasteiger partial charge is 0.392 e. The molecule has 2 nitrogen and oxygen atoms in total. The van der Waals surface area contributed by atoms with Crippen molar-refractivity contribution in [3.8, 4) is 0 Å². The highest BCUT2D eigenvalue weighted by Crippen LogP contribution is 2.67. The minimum atomic E-state index is -0.108. The maximum Gasteiger partial charge on any atom is 0.161 e. The third-order valence-corrected chi connectivity index (χ3v) is 6.92. The van der Waals surface area contributed by atoms with Gasteiger partial charge in [-0.1, -0.05) is 31.2 Å². The number of carbonyl (C=O) groups is 1. The molecule has 4 aliphatic rings.